The van der Waals surface area contributed by atoms with Gasteiger partial charge in [0.15, 0.2) is 0 Å². The number of hydrogen-bond donors (Lipinski definition) is 1. The topological polar surface area (TPSA) is 109 Å². The van der Waals surface area contributed by atoms with Crippen molar-refractivity contribution in [3.63, 3.8) is 0 Å². The van der Waals surface area contributed by atoms with Crippen molar-refractivity contribution in [3.8, 4) is 34.7 Å². The van der Waals surface area contributed by atoms with Crippen molar-refractivity contribution >= 4 is 5.97 Å². The summed E-state index contributed by atoms with van der Waals surface area (Å²) in [5.41, 5.74) is 3.83. The van der Waals surface area contributed by atoms with Crippen molar-refractivity contribution in [2.24, 2.45) is 5.92 Å². The summed E-state index contributed by atoms with van der Waals surface area (Å²) in [7, 11) is 0. The van der Waals surface area contributed by atoms with Gasteiger partial charge in [0.1, 0.15) is 11.8 Å². The van der Waals surface area contributed by atoms with Crippen LogP contribution in [0.2, 0.25) is 0 Å². The summed E-state index contributed by atoms with van der Waals surface area (Å²) in [5.74, 6) is 0.319. The Morgan fingerprint density at radius 3 is 2.73 bits per heavy atom. The van der Waals surface area contributed by atoms with Crippen molar-refractivity contribution in [3.05, 3.63) is 53.1 Å². The molecule has 7 nitrogen and oxygen atoms in total. The Morgan fingerprint density at radius 2 is 2.10 bits per heavy atom. The van der Waals surface area contributed by atoms with Gasteiger partial charge in [-0.05, 0) is 62.4 Å². The summed E-state index contributed by atoms with van der Waals surface area (Å²) in [6.45, 7) is 5.74. The normalized spacial score (nSPS) is 17.6. The van der Waals surface area contributed by atoms with E-state index in [1.165, 1.54) is 0 Å². The molecule has 0 amide bonds. The maximum atomic E-state index is 11.1. The van der Waals surface area contributed by atoms with Crippen LogP contribution in [0.5, 0.6) is 5.75 Å². The highest BCUT2D eigenvalue weighted by atomic mass is 16.5. The SMILES string of the molecule is Cc1cc([C@H]2C[C@@H]2C(=O)O)ccc1-c1noc(-c2ccc(OC(C)C)c(C#N)c2)n1. The van der Waals surface area contributed by atoms with Crippen molar-refractivity contribution < 1.29 is 19.2 Å². The van der Waals surface area contributed by atoms with E-state index in [0.717, 1.165) is 16.7 Å². The summed E-state index contributed by atoms with van der Waals surface area (Å²) in [4.78, 5) is 15.6. The Kier molecular flexibility index (Phi) is 5.00. The fourth-order valence-corrected chi connectivity index (χ4v) is 3.56. The number of hydrogen-bond acceptors (Lipinski definition) is 6. The highest BCUT2D eigenvalue weighted by Crippen LogP contribution is 2.48. The molecule has 0 radical (unpaired) electrons. The minimum Gasteiger partial charge on any atom is -0.490 e. The monoisotopic (exact) mass is 403 g/mol. The molecule has 1 heterocycles. The van der Waals surface area contributed by atoms with Crippen LogP contribution < -0.4 is 4.74 Å². The molecule has 152 valence electrons. The molecule has 30 heavy (non-hydrogen) atoms. The fourth-order valence-electron chi connectivity index (χ4n) is 3.56. The van der Waals surface area contributed by atoms with E-state index >= 15 is 0 Å². The van der Waals surface area contributed by atoms with Crippen LogP contribution in [0, 0.1) is 24.2 Å². The van der Waals surface area contributed by atoms with Crippen LogP contribution in [0.15, 0.2) is 40.9 Å². The van der Waals surface area contributed by atoms with E-state index in [4.69, 9.17) is 14.4 Å². The average molecular weight is 403 g/mol. The van der Waals surface area contributed by atoms with Crippen molar-refractivity contribution in [2.45, 2.75) is 39.2 Å². The van der Waals surface area contributed by atoms with Crippen molar-refractivity contribution in [1.82, 2.24) is 10.1 Å². The van der Waals surface area contributed by atoms with E-state index in [9.17, 15) is 10.1 Å². The number of carboxylic acid groups (broad SMARTS) is 1. The number of nitrogens with zero attached hydrogens (tertiary/aromatic N) is 3. The zero-order valence-corrected chi connectivity index (χ0v) is 16.9. The molecular formula is C23H21N3O4. The quantitative estimate of drug-likeness (QED) is 0.642. The smallest absolute Gasteiger partial charge is 0.307 e. The minimum absolute atomic E-state index is 0.0367. The molecule has 1 fully saturated rings. The first-order valence-electron chi connectivity index (χ1n) is 9.76. The Balaban J connectivity index is 1.59. The summed E-state index contributed by atoms with van der Waals surface area (Å²) in [6, 6.07) is 13.1. The lowest BCUT2D eigenvalue weighted by atomic mass is 10.0. The molecular weight excluding hydrogens is 382 g/mol. The van der Waals surface area contributed by atoms with E-state index < -0.39 is 5.97 Å². The van der Waals surface area contributed by atoms with Crippen LogP contribution in [-0.2, 0) is 4.79 Å². The lowest BCUT2D eigenvalue weighted by Gasteiger charge is -2.11. The lowest BCUT2D eigenvalue weighted by molar-refractivity contribution is -0.138. The molecule has 4 rings (SSSR count). The maximum Gasteiger partial charge on any atom is 0.307 e. The number of benzene rings is 2. The van der Waals surface area contributed by atoms with Gasteiger partial charge in [-0.3, -0.25) is 4.79 Å². The van der Waals surface area contributed by atoms with E-state index in [-0.39, 0.29) is 17.9 Å². The second-order valence-electron chi connectivity index (χ2n) is 7.77. The molecule has 0 aliphatic heterocycles. The molecule has 2 atom stereocenters. The molecule has 7 heteroatoms. The first-order valence-corrected chi connectivity index (χ1v) is 9.76. The number of ether oxygens (including phenoxy) is 1. The third-order valence-electron chi connectivity index (χ3n) is 5.16. The number of carboxylic acids is 1. The fraction of sp³-hybridized carbons (Fsp3) is 0.304. The number of aromatic nitrogens is 2. The highest BCUT2D eigenvalue weighted by molar-refractivity contribution is 5.75. The molecule has 0 bridgehead atoms. The van der Waals surface area contributed by atoms with Crippen LogP contribution >= 0.6 is 0 Å². The van der Waals surface area contributed by atoms with Gasteiger partial charge < -0.3 is 14.4 Å². The second kappa shape index (κ2) is 7.64. The Morgan fingerprint density at radius 1 is 1.30 bits per heavy atom. The lowest BCUT2D eigenvalue weighted by Crippen LogP contribution is -2.06. The largest absolute Gasteiger partial charge is 0.490 e. The molecule has 2 aromatic carbocycles. The van der Waals surface area contributed by atoms with E-state index in [0.29, 0.717) is 35.0 Å². The van der Waals surface area contributed by atoms with E-state index in [1.807, 2.05) is 39.0 Å². The summed E-state index contributed by atoms with van der Waals surface area (Å²) in [6.07, 6.45) is 0.642. The van der Waals surface area contributed by atoms with Gasteiger partial charge in [0.25, 0.3) is 5.89 Å². The molecule has 0 spiro atoms. The van der Waals surface area contributed by atoms with Gasteiger partial charge in [-0.1, -0.05) is 23.4 Å². The molecule has 3 aromatic rings. The Bertz CT molecular complexity index is 1160. The second-order valence-corrected chi connectivity index (χ2v) is 7.77. The van der Waals surface area contributed by atoms with E-state index in [1.54, 1.807) is 18.2 Å². The molecule has 1 aliphatic rings. The predicted molar refractivity (Wildman–Crippen MR) is 109 cm³/mol. The van der Waals surface area contributed by atoms with Crippen LogP contribution in [0.25, 0.3) is 22.8 Å². The van der Waals surface area contributed by atoms with Gasteiger partial charge in [-0.15, -0.1) is 0 Å². The molecule has 0 unspecified atom stereocenters. The van der Waals surface area contributed by atoms with Crippen LogP contribution in [0.4, 0.5) is 0 Å². The predicted octanol–water partition coefficient (Wildman–Crippen LogP) is 4.56. The number of nitriles is 1. The molecule has 1 aromatic heterocycles. The highest BCUT2D eigenvalue weighted by Gasteiger charge is 2.44. The van der Waals surface area contributed by atoms with Gasteiger partial charge in [0.2, 0.25) is 5.82 Å². The summed E-state index contributed by atoms with van der Waals surface area (Å²) >= 11 is 0. The maximum absolute atomic E-state index is 11.1. The van der Waals surface area contributed by atoms with Gasteiger partial charge in [-0.25, -0.2) is 0 Å². The standard InChI is InChI=1S/C23H21N3O4/c1-12(2)29-20-7-5-15(9-16(20)11-24)22-25-21(26-30-22)17-6-4-14(8-13(17)3)18-10-19(18)23(27)28/h4-9,12,18-19H,10H2,1-3H3,(H,27,28)/t18-,19+/m1/s1. The number of carbonyl (C=O) groups is 1. The molecule has 1 saturated carbocycles. The summed E-state index contributed by atoms with van der Waals surface area (Å²) in [5, 5.41) is 22.6. The van der Waals surface area contributed by atoms with Crippen LogP contribution in [0.1, 0.15) is 42.9 Å². The Labute approximate surface area is 173 Å². The number of aliphatic carboxylic acids is 1. The van der Waals surface area contributed by atoms with Crippen molar-refractivity contribution in [2.75, 3.05) is 0 Å². The first kappa shape index (κ1) is 19.6. The van der Waals surface area contributed by atoms with Gasteiger partial charge in [-0.2, -0.15) is 10.2 Å². The minimum atomic E-state index is -0.744. The molecule has 1 aliphatic carbocycles. The Hall–Kier alpha value is -3.66. The average Bonchev–Trinajstić information content (AvgIpc) is 3.38. The van der Waals surface area contributed by atoms with E-state index in [2.05, 4.69) is 16.2 Å². The van der Waals surface area contributed by atoms with Crippen LogP contribution in [0.3, 0.4) is 0 Å². The zero-order chi connectivity index (χ0) is 21.4. The number of rotatable bonds is 6. The molecule has 0 saturated heterocycles. The van der Waals surface area contributed by atoms with Gasteiger partial charge in [0.05, 0.1) is 17.6 Å². The van der Waals surface area contributed by atoms with Crippen LogP contribution in [-0.4, -0.2) is 27.3 Å². The third-order valence-corrected chi connectivity index (χ3v) is 5.16. The number of aryl methyl sites for hydroxylation is 1. The van der Waals surface area contributed by atoms with Gasteiger partial charge >= 0.3 is 5.97 Å². The van der Waals surface area contributed by atoms with Gasteiger partial charge in [0, 0.05) is 11.1 Å². The molecule has 1 N–H and O–H groups in total. The zero-order valence-electron chi connectivity index (χ0n) is 16.9. The summed E-state index contributed by atoms with van der Waals surface area (Å²) < 4.78 is 11.1. The third kappa shape index (κ3) is 3.77. The first-order chi connectivity index (χ1) is 14.4. The van der Waals surface area contributed by atoms with Crippen molar-refractivity contribution in [1.29, 1.82) is 5.26 Å².